The van der Waals surface area contributed by atoms with Gasteiger partial charge in [0.25, 0.3) is 0 Å². The molecule has 63 heavy (non-hydrogen) atoms. The first kappa shape index (κ1) is 62.2. The van der Waals surface area contributed by atoms with Crippen LogP contribution in [0.1, 0.15) is 277 Å². The van der Waals surface area contributed by atoms with Crippen molar-refractivity contribution in [3.63, 3.8) is 0 Å². The number of unbranched alkanes of at least 4 members (excludes halogenated alkanes) is 37. The van der Waals surface area contributed by atoms with E-state index in [9.17, 15) is 19.4 Å². The number of ether oxygens (including phenoxy) is 2. The number of esters is 1. The van der Waals surface area contributed by atoms with Crippen molar-refractivity contribution in [1.29, 1.82) is 0 Å². The van der Waals surface area contributed by atoms with Gasteiger partial charge in [-0.25, -0.2) is 4.57 Å². The van der Waals surface area contributed by atoms with Gasteiger partial charge in [0.1, 0.15) is 12.2 Å². The minimum absolute atomic E-state index is 0.0535. The van der Waals surface area contributed by atoms with Crippen LogP contribution in [-0.4, -0.2) is 66.3 Å². The topological polar surface area (TPSA) is 132 Å². The number of allylic oxidation sites excluding steroid dienone is 2. The number of aliphatic hydroxyl groups is 2. The summed E-state index contributed by atoms with van der Waals surface area (Å²) in [5.74, 6) is -0.375. The molecule has 0 radical (unpaired) electrons. The molecule has 0 aliphatic heterocycles. The molecule has 0 rings (SSSR count). The zero-order valence-electron chi connectivity index (χ0n) is 41.6. The summed E-state index contributed by atoms with van der Waals surface area (Å²) >= 11 is 0. The number of phosphoric ester groups is 1. The molecular formula is C53H105O9P. The Kier molecular flexibility index (Phi) is 50.0. The maximum Gasteiger partial charge on any atom is 0.472 e. The lowest BCUT2D eigenvalue weighted by Crippen LogP contribution is -2.29. The molecule has 0 aliphatic rings. The average Bonchev–Trinajstić information content (AvgIpc) is 3.28. The summed E-state index contributed by atoms with van der Waals surface area (Å²) in [6.45, 7) is 3.58. The minimum atomic E-state index is -4.52. The summed E-state index contributed by atoms with van der Waals surface area (Å²) in [5, 5.41) is 18.4. The smallest absolute Gasteiger partial charge is 0.457 e. The van der Waals surface area contributed by atoms with Crippen molar-refractivity contribution in [2.24, 2.45) is 0 Å². The highest BCUT2D eigenvalue weighted by molar-refractivity contribution is 7.47. The van der Waals surface area contributed by atoms with Crippen LogP contribution in [0, 0.1) is 0 Å². The number of aliphatic hydroxyl groups excluding tert-OH is 2. The van der Waals surface area contributed by atoms with Crippen LogP contribution in [0.4, 0.5) is 0 Å². The predicted molar refractivity (Wildman–Crippen MR) is 265 cm³/mol. The van der Waals surface area contributed by atoms with Gasteiger partial charge in [-0.15, -0.1) is 0 Å². The molecule has 10 heteroatoms. The van der Waals surface area contributed by atoms with Crippen LogP contribution in [0.3, 0.4) is 0 Å². The van der Waals surface area contributed by atoms with E-state index in [1.165, 1.54) is 218 Å². The lowest BCUT2D eigenvalue weighted by atomic mass is 10.0. The van der Waals surface area contributed by atoms with Crippen LogP contribution in [0.2, 0.25) is 0 Å². The second-order valence-corrected chi connectivity index (χ2v) is 20.1. The zero-order valence-corrected chi connectivity index (χ0v) is 42.5. The van der Waals surface area contributed by atoms with E-state index in [1.54, 1.807) is 0 Å². The quantitative estimate of drug-likeness (QED) is 0.0236. The first-order valence-corrected chi connectivity index (χ1v) is 28.7. The second-order valence-electron chi connectivity index (χ2n) is 18.6. The van der Waals surface area contributed by atoms with Crippen LogP contribution in [-0.2, 0) is 27.9 Å². The Bertz CT molecular complexity index is 996. The molecule has 0 saturated heterocycles. The normalized spacial score (nSPS) is 13.8. The molecule has 0 bridgehead atoms. The van der Waals surface area contributed by atoms with Gasteiger partial charge in [0.05, 0.1) is 26.4 Å². The number of hydrogen-bond acceptors (Lipinski definition) is 8. The number of hydrogen-bond donors (Lipinski definition) is 3. The molecule has 3 atom stereocenters. The molecule has 0 aromatic heterocycles. The Morgan fingerprint density at radius 2 is 0.810 bits per heavy atom. The van der Waals surface area contributed by atoms with Gasteiger partial charge in [-0.05, 0) is 38.5 Å². The number of phosphoric acid groups is 1. The van der Waals surface area contributed by atoms with E-state index in [4.69, 9.17) is 23.6 Å². The van der Waals surface area contributed by atoms with Crippen molar-refractivity contribution in [2.75, 3.05) is 33.0 Å². The van der Waals surface area contributed by atoms with E-state index in [1.807, 2.05) is 0 Å². The van der Waals surface area contributed by atoms with Gasteiger partial charge in [-0.2, -0.15) is 0 Å². The van der Waals surface area contributed by atoms with Crippen molar-refractivity contribution in [3.05, 3.63) is 12.2 Å². The summed E-state index contributed by atoms with van der Waals surface area (Å²) in [6, 6.07) is 0. The first-order chi connectivity index (χ1) is 30.8. The van der Waals surface area contributed by atoms with Crippen molar-refractivity contribution < 1.29 is 43.0 Å². The lowest BCUT2D eigenvalue weighted by molar-refractivity contribution is -0.154. The standard InChI is InChI=1S/C53H105O9P/c1-3-5-7-9-11-13-15-17-19-21-23-24-25-26-27-29-31-33-35-37-39-41-43-45-53(56)62-52(50-61-63(57,58)60-48-51(55)47-54)49-59-46-44-42-40-38-36-34-32-30-28-22-20-18-16-14-12-10-8-6-4-2/h20,22,51-52,54-55H,3-19,21,23-50H2,1-2H3,(H,57,58)/b22-20-. The molecule has 376 valence electrons. The molecule has 3 N–H and O–H groups in total. The van der Waals surface area contributed by atoms with Gasteiger partial charge < -0.3 is 24.6 Å². The summed E-state index contributed by atoms with van der Waals surface area (Å²) < 4.78 is 33.6. The highest BCUT2D eigenvalue weighted by Crippen LogP contribution is 2.43. The summed E-state index contributed by atoms with van der Waals surface area (Å²) in [5.41, 5.74) is 0. The molecule has 0 heterocycles. The Labute approximate surface area is 390 Å². The highest BCUT2D eigenvalue weighted by atomic mass is 31.2. The number of rotatable bonds is 53. The first-order valence-electron chi connectivity index (χ1n) is 27.2. The largest absolute Gasteiger partial charge is 0.472 e. The lowest BCUT2D eigenvalue weighted by Gasteiger charge is -2.20. The fourth-order valence-corrected chi connectivity index (χ4v) is 8.85. The van der Waals surface area contributed by atoms with Gasteiger partial charge in [0.2, 0.25) is 0 Å². The van der Waals surface area contributed by atoms with Crippen LogP contribution < -0.4 is 0 Å². The predicted octanol–water partition coefficient (Wildman–Crippen LogP) is 16.0. The molecule has 0 aliphatic carbocycles. The van der Waals surface area contributed by atoms with Gasteiger partial charge in [-0.1, -0.05) is 244 Å². The number of carbonyl (C=O) groups excluding carboxylic acids is 1. The third-order valence-corrected chi connectivity index (χ3v) is 13.2. The summed E-state index contributed by atoms with van der Waals surface area (Å²) in [7, 11) is -4.52. The number of carbonyl (C=O) groups is 1. The van der Waals surface area contributed by atoms with Crippen molar-refractivity contribution >= 4 is 13.8 Å². The third-order valence-electron chi connectivity index (χ3n) is 12.2. The van der Waals surface area contributed by atoms with Crippen LogP contribution >= 0.6 is 7.82 Å². The average molecular weight is 917 g/mol. The Hall–Kier alpha value is -0.800. The van der Waals surface area contributed by atoms with E-state index < -0.39 is 33.2 Å². The Morgan fingerprint density at radius 3 is 1.19 bits per heavy atom. The van der Waals surface area contributed by atoms with Gasteiger partial charge in [-0.3, -0.25) is 13.8 Å². The van der Waals surface area contributed by atoms with Crippen LogP contribution in [0.5, 0.6) is 0 Å². The molecule has 9 nitrogen and oxygen atoms in total. The van der Waals surface area contributed by atoms with Crippen molar-refractivity contribution in [1.82, 2.24) is 0 Å². The van der Waals surface area contributed by atoms with Crippen molar-refractivity contribution in [2.45, 2.75) is 289 Å². The fraction of sp³-hybridized carbons (Fsp3) is 0.943. The summed E-state index contributed by atoms with van der Waals surface area (Å²) in [6.07, 6.45) is 54.7. The van der Waals surface area contributed by atoms with E-state index in [-0.39, 0.29) is 25.6 Å². The van der Waals surface area contributed by atoms with Crippen molar-refractivity contribution in [3.8, 4) is 0 Å². The maximum atomic E-state index is 12.7. The molecule has 3 unspecified atom stereocenters. The molecule has 0 amide bonds. The van der Waals surface area contributed by atoms with Crippen LogP contribution in [0.15, 0.2) is 12.2 Å². The third kappa shape index (κ3) is 50.5. The van der Waals surface area contributed by atoms with Gasteiger partial charge in [0.15, 0.2) is 0 Å². The Morgan fingerprint density at radius 1 is 0.476 bits per heavy atom. The zero-order chi connectivity index (χ0) is 46.0. The van der Waals surface area contributed by atoms with Gasteiger partial charge in [0, 0.05) is 13.0 Å². The molecule has 0 spiro atoms. The SMILES string of the molecule is CCCCCCCCC/C=C\CCCCCCCCCCOCC(COP(=O)(O)OCC(O)CO)OC(=O)CCCCCCCCCCCCCCCCCCCCCCCCC. The van der Waals surface area contributed by atoms with E-state index in [0.717, 1.165) is 38.5 Å². The van der Waals surface area contributed by atoms with E-state index >= 15 is 0 Å². The molecule has 0 fully saturated rings. The Balaban J connectivity index is 4.00. The monoisotopic (exact) mass is 917 g/mol. The molecule has 0 saturated carbocycles. The fourth-order valence-electron chi connectivity index (χ4n) is 8.06. The minimum Gasteiger partial charge on any atom is -0.457 e. The van der Waals surface area contributed by atoms with E-state index in [0.29, 0.717) is 6.61 Å². The maximum absolute atomic E-state index is 12.7. The van der Waals surface area contributed by atoms with Crippen LogP contribution in [0.25, 0.3) is 0 Å². The molecule has 0 aromatic rings. The second kappa shape index (κ2) is 50.6. The highest BCUT2D eigenvalue weighted by Gasteiger charge is 2.26. The van der Waals surface area contributed by atoms with Gasteiger partial charge >= 0.3 is 13.8 Å². The molecule has 0 aromatic carbocycles. The molecular weight excluding hydrogens is 812 g/mol. The summed E-state index contributed by atoms with van der Waals surface area (Å²) in [4.78, 5) is 22.7. The van der Waals surface area contributed by atoms with E-state index in [2.05, 4.69) is 26.0 Å².